The number of rotatable bonds is 7. The molecule has 2 heteroatoms. The van der Waals surface area contributed by atoms with Crippen LogP contribution >= 0.6 is 0 Å². The van der Waals surface area contributed by atoms with Crippen molar-refractivity contribution in [2.24, 2.45) is 11.3 Å². The summed E-state index contributed by atoms with van der Waals surface area (Å²) in [7, 11) is 1.83. The first kappa shape index (κ1) is 14.0. The van der Waals surface area contributed by atoms with Gasteiger partial charge in [0.2, 0.25) is 0 Å². The third-order valence-corrected chi connectivity index (χ3v) is 4.22. The van der Waals surface area contributed by atoms with E-state index in [1.165, 1.54) is 45.1 Å². The standard InChI is InChI=1S/C14H29NO/c1-4-10-15-12-14(13(2)11-16-3)8-6-5-7-9-14/h13,15H,4-12H2,1-3H3. The van der Waals surface area contributed by atoms with Crippen molar-refractivity contribution < 1.29 is 4.74 Å². The Kier molecular flexibility index (Phi) is 6.37. The summed E-state index contributed by atoms with van der Waals surface area (Å²) in [5.41, 5.74) is 0.503. The van der Waals surface area contributed by atoms with Crippen molar-refractivity contribution in [2.75, 3.05) is 26.8 Å². The van der Waals surface area contributed by atoms with Gasteiger partial charge in [-0.3, -0.25) is 0 Å². The molecule has 1 N–H and O–H groups in total. The van der Waals surface area contributed by atoms with Gasteiger partial charge in [0, 0.05) is 20.3 Å². The lowest BCUT2D eigenvalue weighted by atomic mass is 9.66. The third kappa shape index (κ3) is 3.74. The van der Waals surface area contributed by atoms with Crippen molar-refractivity contribution in [2.45, 2.75) is 52.4 Å². The maximum Gasteiger partial charge on any atom is 0.0493 e. The summed E-state index contributed by atoms with van der Waals surface area (Å²) in [4.78, 5) is 0. The van der Waals surface area contributed by atoms with Crippen LogP contribution in [0.5, 0.6) is 0 Å². The highest BCUT2D eigenvalue weighted by Crippen LogP contribution is 2.42. The molecule has 16 heavy (non-hydrogen) atoms. The molecular formula is C14H29NO. The average molecular weight is 227 g/mol. The van der Waals surface area contributed by atoms with Crippen LogP contribution in [0.4, 0.5) is 0 Å². The first-order valence-electron chi connectivity index (χ1n) is 6.95. The van der Waals surface area contributed by atoms with Crippen LogP contribution in [0.25, 0.3) is 0 Å². The molecule has 0 saturated heterocycles. The van der Waals surface area contributed by atoms with Gasteiger partial charge >= 0.3 is 0 Å². The van der Waals surface area contributed by atoms with Crippen molar-refractivity contribution >= 4 is 0 Å². The van der Waals surface area contributed by atoms with Gasteiger partial charge in [0.1, 0.15) is 0 Å². The van der Waals surface area contributed by atoms with Gasteiger partial charge in [-0.2, -0.15) is 0 Å². The lowest BCUT2D eigenvalue weighted by Crippen LogP contribution is -2.42. The Labute approximate surface area is 101 Å². The Morgan fingerprint density at radius 1 is 1.25 bits per heavy atom. The van der Waals surface area contributed by atoms with Gasteiger partial charge in [-0.25, -0.2) is 0 Å². The molecule has 0 aromatic heterocycles. The van der Waals surface area contributed by atoms with Gasteiger partial charge in [-0.15, -0.1) is 0 Å². The largest absolute Gasteiger partial charge is 0.384 e. The molecular weight excluding hydrogens is 198 g/mol. The smallest absolute Gasteiger partial charge is 0.0493 e. The van der Waals surface area contributed by atoms with Gasteiger partial charge in [0.15, 0.2) is 0 Å². The van der Waals surface area contributed by atoms with Crippen molar-refractivity contribution in [1.29, 1.82) is 0 Å². The minimum absolute atomic E-state index is 0.503. The van der Waals surface area contributed by atoms with E-state index in [4.69, 9.17) is 4.74 Å². The summed E-state index contributed by atoms with van der Waals surface area (Å²) in [5.74, 6) is 0.683. The molecule has 1 rings (SSSR count). The van der Waals surface area contributed by atoms with Crippen LogP contribution in [0.2, 0.25) is 0 Å². The summed E-state index contributed by atoms with van der Waals surface area (Å²) >= 11 is 0. The average Bonchev–Trinajstić information content (AvgIpc) is 2.31. The maximum atomic E-state index is 5.36. The second-order valence-corrected chi connectivity index (χ2v) is 5.46. The second kappa shape index (κ2) is 7.29. The lowest BCUT2D eigenvalue weighted by Gasteiger charge is -2.42. The predicted molar refractivity (Wildman–Crippen MR) is 69.7 cm³/mol. The van der Waals surface area contributed by atoms with Crippen molar-refractivity contribution in [3.8, 4) is 0 Å². The Morgan fingerprint density at radius 3 is 2.50 bits per heavy atom. The van der Waals surface area contributed by atoms with Crippen molar-refractivity contribution in [3.63, 3.8) is 0 Å². The number of ether oxygens (including phenoxy) is 1. The lowest BCUT2D eigenvalue weighted by molar-refractivity contribution is 0.0401. The highest BCUT2D eigenvalue weighted by molar-refractivity contribution is 4.89. The topological polar surface area (TPSA) is 21.3 Å². The molecule has 0 bridgehead atoms. The monoisotopic (exact) mass is 227 g/mol. The van der Waals surface area contributed by atoms with Crippen molar-refractivity contribution in [3.05, 3.63) is 0 Å². The Morgan fingerprint density at radius 2 is 1.94 bits per heavy atom. The summed E-state index contributed by atoms with van der Waals surface area (Å²) < 4.78 is 5.36. The van der Waals surface area contributed by atoms with E-state index in [9.17, 15) is 0 Å². The van der Waals surface area contributed by atoms with E-state index in [0.29, 0.717) is 11.3 Å². The Hall–Kier alpha value is -0.0800. The molecule has 1 atom stereocenters. The first-order valence-corrected chi connectivity index (χ1v) is 6.95. The maximum absolute atomic E-state index is 5.36. The van der Waals surface area contributed by atoms with E-state index < -0.39 is 0 Å². The number of methoxy groups -OCH3 is 1. The fourth-order valence-corrected chi connectivity index (χ4v) is 3.04. The molecule has 0 radical (unpaired) electrons. The molecule has 0 aliphatic heterocycles. The summed E-state index contributed by atoms with van der Waals surface area (Å²) in [6, 6.07) is 0. The number of hydrogen-bond donors (Lipinski definition) is 1. The first-order chi connectivity index (χ1) is 7.75. The molecule has 1 aliphatic carbocycles. The summed E-state index contributed by atoms with van der Waals surface area (Å²) in [5, 5.41) is 3.63. The highest BCUT2D eigenvalue weighted by atomic mass is 16.5. The molecule has 0 amide bonds. The van der Waals surface area contributed by atoms with Crippen LogP contribution < -0.4 is 5.32 Å². The summed E-state index contributed by atoms with van der Waals surface area (Å²) in [6.45, 7) is 7.85. The molecule has 1 unspecified atom stereocenters. The minimum Gasteiger partial charge on any atom is -0.384 e. The predicted octanol–water partition coefficient (Wildman–Crippen LogP) is 3.22. The highest BCUT2D eigenvalue weighted by Gasteiger charge is 2.36. The van der Waals surface area contributed by atoms with Gasteiger partial charge in [0.25, 0.3) is 0 Å². The Bertz CT molecular complexity index is 176. The van der Waals surface area contributed by atoms with Crippen LogP contribution in [0.1, 0.15) is 52.4 Å². The molecule has 1 fully saturated rings. The normalized spacial score (nSPS) is 21.9. The van der Waals surface area contributed by atoms with E-state index in [2.05, 4.69) is 19.2 Å². The molecule has 0 aromatic rings. The number of hydrogen-bond acceptors (Lipinski definition) is 2. The van der Waals surface area contributed by atoms with Crippen LogP contribution in [-0.4, -0.2) is 26.8 Å². The Balaban J connectivity index is 2.52. The van der Waals surface area contributed by atoms with Crippen LogP contribution in [-0.2, 0) is 4.74 Å². The zero-order chi connectivity index (χ0) is 11.9. The van der Waals surface area contributed by atoms with E-state index in [1.54, 1.807) is 0 Å². The van der Waals surface area contributed by atoms with E-state index in [0.717, 1.165) is 13.2 Å². The molecule has 1 saturated carbocycles. The van der Waals surface area contributed by atoms with Crippen LogP contribution in [0.15, 0.2) is 0 Å². The zero-order valence-corrected chi connectivity index (χ0v) is 11.3. The van der Waals surface area contributed by atoms with Gasteiger partial charge < -0.3 is 10.1 Å². The van der Waals surface area contributed by atoms with E-state index >= 15 is 0 Å². The number of nitrogens with one attached hydrogen (secondary N) is 1. The molecule has 0 spiro atoms. The van der Waals surface area contributed by atoms with Gasteiger partial charge in [-0.05, 0) is 37.1 Å². The van der Waals surface area contributed by atoms with Gasteiger partial charge in [0.05, 0.1) is 0 Å². The molecule has 0 aromatic carbocycles. The second-order valence-electron chi connectivity index (χ2n) is 5.46. The fourth-order valence-electron chi connectivity index (χ4n) is 3.04. The summed E-state index contributed by atoms with van der Waals surface area (Å²) in [6.07, 6.45) is 8.23. The third-order valence-electron chi connectivity index (χ3n) is 4.22. The molecule has 0 heterocycles. The van der Waals surface area contributed by atoms with E-state index in [-0.39, 0.29) is 0 Å². The molecule has 2 nitrogen and oxygen atoms in total. The van der Waals surface area contributed by atoms with Crippen LogP contribution in [0, 0.1) is 11.3 Å². The SMILES string of the molecule is CCCNCC1(C(C)COC)CCCCC1. The van der Waals surface area contributed by atoms with Gasteiger partial charge in [-0.1, -0.05) is 33.1 Å². The van der Waals surface area contributed by atoms with Crippen molar-refractivity contribution in [1.82, 2.24) is 5.32 Å². The molecule has 1 aliphatic rings. The zero-order valence-electron chi connectivity index (χ0n) is 11.3. The van der Waals surface area contributed by atoms with Crippen LogP contribution in [0.3, 0.4) is 0 Å². The quantitative estimate of drug-likeness (QED) is 0.674. The van der Waals surface area contributed by atoms with E-state index in [1.807, 2.05) is 7.11 Å². The minimum atomic E-state index is 0.503. The molecule has 96 valence electrons. The fraction of sp³-hybridized carbons (Fsp3) is 1.00.